The van der Waals surface area contributed by atoms with Gasteiger partial charge in [0.1, 0.15) is 0 Å². The zero-order valence-corrected chi connectivity index (χ0v) is 13.5. The lowest BCUT2D eigenvalue weighted by molar-refractivity contribution is 0.198. The maximum atomic E-state index is 5.46. The third kappa shape index (κ3) is 2.41. The Labute approximate surface area is 132 Å². The van der Waals surface area contributed by atoms with Gasteiger partial charge in [-0.25, -0.2) is 0 Å². The fourth-order valence-corrected chi connectivity index (χ4v) is 4.53. The maximum absolute atomic E-state index is 5.46. The van der Waals surface area contributed by atoms with E-state index in [-0.39, 0.29) is 0 Å². The molecule has 1 aromatic rings. The molecule has 3 aliphatic rings. The molecule has 1 heterocycles. The molecule has 3 heteroatoms. The predicted octanol–water partition coefficient (Wildman–Crippen LogP) is 3.27. The Bertz CT molecular complexity index is 595. The Morgan fingerprint density at radius 2 is 1.82 bits per heavy atom. The number of ether oxygens (including phenoxy) is 2. The number of rotatable bonds is 4. The van der Waals surface area contributed by atoms with Gasteiger partial charge in [-0.1, -0.05) is 12.2 Å². The number of methoxy groups -OCH3 is 2. The van der Waals surface area contributed by atoms with Crippen molar-refractivity contribution in [3.8, 4) is 11.5 Å². The van der Waals surface area contributed by atoms with Crippen LogP contribution in [0.5, 0.6) is 11.5 Å². The Hall–Kier alpha value is -1.48. The minimum absolute atomic E-state index is 0.844. The van der Waals surface area contributed by atoms with Crippen LogP contribution in [-0.2, 0) is 13.0 Å². The van der Waals surface area contributed by atoms with Crippen molar-refractivity contribution in [3.05, 3.63) is 35.4 Å². The molecular weight excluding hydrogens is 274 g/mol. The summed E-state index contributed by atoms with van der Waals surface area (Å²) >= 11 is 0. The number of nitrogens with zero attached hydrogens (tertiary/aromatic N) is 1. The summed E-state index contributed by atoms with van der Waals surface area (Å²) in [5.74, 6) is 4.30. The second kappa shape index (κ2) is 5.62. The molecular formula is C19H25NO2. The summed E-state index contributed by atoms with van der Waals surface area (Å²) in [7, 11) is 3.43. The highest BCUT2D eigenvalue weighted by Gasteiger charge is 2.36. The van der Waals surface area contributed by atoms with Gasteiger partial charge in [0, 0.05) is 19.6 Å². The van der Waals surface area contributed by atoms with Crippen molar-refractivity contribution in [1.29, 1.82) is 0 Å². The molecule has 0 aromatic heterocycles. The summed E-state index contributed by atoms with van der Waals surface area (Å²) in [6.07, 6.45) is 8.82. The molecule has 0 spiro atoms. The van der Waals surface area contributed by atoms with Crippen molar-refractivity contribution in [1.82, 2.24) is 4.90 Å². The summed E-state index contributed by atoms with van der Waals surface area (Å²) in [5, 5.41) is 0. The van der Waals surface area contributed by atoms with E-state index >= 15 is 0 Å². The Morgan fingerprint density at radius 1 is 1.05 bits per heavy atom. The molecule has 118 valence electrons. The molecule has 0 N–H and O–H groups in total. The van der Waals surface area contributed by atoms with Crippen molar-refractivity contribution in [2.24, 2.45) is 17.8 Å². The van der Waals surface area contributed by atoms with Gasteiger partial charge in [0.2, 0.25) is 0 Å². The van der Waals surface area contributed by atoms with Crippen LogP contribution < -0.4 is 9.47 Å². The van der Waals surface area contributed by atoms with E-state index in [0.29, 0.717) is 0 Å². The molecule has 0 unspecified atom stereocenters. The first-order chi connectivity index (χ1) is 10.8. The monoisotopic (exact) mass is 299 g/mol. The topological polar surface area (TPSA) is 21.7 Å². The largest absolute Gasteiger partial charge is 0.493 e. The molecule has 0 amide bonds. The van der Waals surface area contributed by atoms with Crippen molar-refractivity contribution < 1.29 is 9.47 Å². The van der Waals surface area contributed by atoms with Crippen LogP contribution in [0, 0.1) is 17.8 Å². The van der Waals surface area contributed by atoms with Crippen LogP contribution in [0.15, 0.2) is 24.3 Å². The van der Waals surface area contributed by atoms with Gasteiger partial charge in [0.15, 0.2) is 11.5 Å². The highest BCUT2D eigenvalue weighted by molar-refractivity contribution is 5.48. The summed E-state index contributed by atoms with van der Waals surface area (Å²) in [4.78, 5) is 2.63. The fourth-order valence-electron chi connectivity index (χ4n) is 4.53. The highest BCUT2D eigenvalue weighted by atomic mass is 16.5. The summed E-state index contributed by atoms with van der Waals surface area (Å²) in [6, 6.07) is 4.33. The van der Waals surface area contributed by atoms with E-state index in [1.165, 1.54) is 37.1 Å². The number of benzene rings is 1. The minimum atomic E-state index is 0.844. The zero-order chi connectivity index (χ0) is 15.1. The summed E-state index contributed by atoms with van der Waals surface area (Å²) in [5.41, 5.74) is 2.82. The molecule has 4 rings (SSSR count). The van der Waals surface area contributed by atoms with E-state index in [9.17, 15) is 0 Å². The smallest absolute Gasteiger partial charge is 0.161 e. The van der Waals surface area contributed by atoms with E-state index in [0.717, 1.165) is 42.2 Å². The molecule has 3 nitrogen and oxygen atoms in total. The van der Waals surface area contributed by atoms with Crippen LogP contribution >= 0.6 is 0 Å². The van der Waals surface area contributed by atoms with Crippen LogP contribution in [0.3, 0.4) is 0 Å². The van der Waals surface area contributed by atoms with Gasteiger partial charge in [-0.15, -0.1) is 0 Å². The zero-order valence-electron chi connectivity index (χ0n) is 13.5. The number of hydrogen-bond donors (Lipinski definition) is 0. The van der Waals surface area contributed by atoms with Gasteiger partial charge >= 0.3 is 0 Å². The fraction of sp³-hybridized carbons (Fsp3) is 0.579. The molecule has 2 bridgehead atoms. The Balaban J connectivity index is 1.48. The van der Waals surface area contributed by atoms with E-state index in [1.807, 2.05) is 0 Å². The van der Waals surface area contributed by atoms with Crippen LogP contribution in [0.1, 0.15) is 24.0 Å². The first kappa shape index (κ1) is 14.1. The first-order valence-electron chi connectivity index (χ1n) is 8.41. The van der Waals surface area contributed by atoms with E-state index in [2.05, 4.69) is 29.2 Å². The van der Waals surface area contributed by atoms with Gasteiger partial charge in [0.05, 0.1) is 14.2 Å². The van der Waals surface area contributed by atoms with Crippen LogP contribution in [0.25, 0.3) is 0 Å². The SMILES string of the molecule is COc1cc2c(cc1OC)CN(C[C@@H]1C[C@@H]3C=C[C@@H]1C3)CC2. The lowest BCUT2D eigenvalue weighted by atomic mass is 9.91. The number of fused-ring (bicyclic) bond motifs is 3. The van der Waals surface area contributed by atoms with Crippen molar-refractivity contribution in [2.75, 3.05) is 27.3 Å². The quantitative estimate of drug-likeness (QED) is 0.797. The summed E-state index contributed by atoms with van der Waals surface area (Å²) < 4.78 is 10.9. The van der Waals surface area contributed by atoms with Crippen LogP contribution in [0.4, 0.5) is 0 Å². The van der Waals surface area contributed by atoms with Crippen molar-refractivity contribution >= 4 is 0 Å². The molecule has 1 fully saturated rings. The van der Waals surface area contributed by atoms with Gasteiger partial charge in [-0.05, 0) is 60.3 Å². The number of allylic oxidation sites excluding steroid dienone is 2. The van der Waals surface area contributed by atoms with Gasteiger partial charge in [0.25, 0.3) is 0 Å². The maximum Gasteiger partial charge on any atom is 0.161 e. The molecule has 0 radical (unpaired) electrons. The highest BCUT2D eigenvalue weighted by Crippen LogP contribution is 2.44. The normalized spacial score (nSPS) is 29.6. The lowest BCUT2D eigenvalue weighted by Crippen LogP contribution is -2.35. The van der Waals surface area contributed by atoms with Crippen molar-refractivity contribution in [2.45, 2.75) is 25.8 Å². The Kier molecular flexibility index (Phi) is 3.61. The van der Waals surface area contributed by atoms with Crippen molar-refractivity contribution in [3.63, 3.8) is 0 Å². The van der Waals surface area contributed by atoms with E-state index < -0.39 is 0 Å². The standard InChI is InChI=1S/C19H25NO2/c1-21-18-9-15-5-6-20(12-17(15)10-19(18)22-2)11-16-8-13-3-4-14(16)7-13/h3-4,9-10,13-14,16H,5-8,11-12H2,1-2H3/t13-,14-,16+/m1/s1. The molecule has 0 saturated heterocycles. The predicted molar refractivity (Wildman–Crippen MR) is 87.4 cm³/mol. The molecule has 1 saturated carbocycles. The minimum Gasteiger partial charge on any atom is -0.493 e. The number of hydrogen-bond acceptors (Lipinski definition) is 3. The molecule has 2 aliphatic carbocycles. The average molecular weight is 299 g/mol. The molecule has 22 heavy (non-hydrogen) atoms. The van der Waals surface area contributed by atoms with Crippen LogP contribution in [0.2, 0.25) is 0 Å². The van der Waals surface area contributed by atoms with Gasteiger partial charge in [-0.2, -0.15) is 0 Å². The summed E-state index contributed by atoms with van der Waals surface area (Å²) in [6.45, 7) is 3.46. The molecule has 1 aliphatic heterocycles. The van der Waals surface area contributed by atoms with E-state index in [4.69, 9.17) is 9.47 Å². The third-order valence-electron chi connectivity index (χ3n) is 5.71. The first-order valence-corrected chi connectivity index (χ1v) is 8.41. The third-order valence-corrected chi connectivity index (χ3v) is 5.71. The second-order valence-electron chi connectivity index (χ2n) is 7.00. The average Bonchev–Trinajstić information content (AvgIpc) is 3.16. The van der Waals surface area contributed by atoms with Gasteiger partial charge < -0.3 is 9.47 Å². The molecule has 3 atom stereocenters. The van der Waals surface area contributed by atoms with Crippen LogP contribution in [-0.4, -0.2) is 32.2 Å². The molecule has 1 aromatic carbocycles. The Morgan fingerprint density at radius 3 is 2.45 bits per heavy atom. The second-order valence-corrected chi connectivity index (χ2v) is 7.00. The van der Waals surface area contributed by atoms with E-state index in [1.54, 1.807) is 14.2 Å². The van der Waals surface area contributed by atoms with Gasteiger partial charge in [-0.3, -0.25) is 4.90 Å². The lowest BCUT2D eigenvalue weighted by Gasteiger charge is -2.33.